The first-order chi connectivity index (χ1) is 16.5. The molecule has 172 valence electrons. The van der Waals surface area contributed by atoms with E-state index in [-0.39, 0.29) is 24.2 Å². The summed E-state index contributed by atoms with van der Waals surface area (Å²) in [4.78, 5) is 42.1. The van der Waals surface area contributed by atoms with E-state index in [4.69, 9.17) is 4.74 Å². The Kier molecular flexibility index (Phi) is 7.99. The lowest BCUT2D eigenvalue weighted by Crippen LogP contribution is -2.17. The standard InChI is InChI=1S/C25H20N2O4S3/c1-2-31-24(30)21-18(17-11-7-4-8-12-17)14-32-23(21)26-20(28)15-33-25-27-22(29)19(34-25)13-16-9-5-3-6-10-16/h3-14H,2,15H2,1H3,(H,26,28)/b19-13+. The monoisotopic (exact) mass is 508 g/mol. The molecule has 1 aliphatic heterocycles. The summed E-state index contributed by atoms with van der Waals surface area (Å²) in [5.74, 6) is -1.04. The van der Waals surface area contributed by atoms with Crippen LogP contribution in [0.4, 0.5) is 5.00 Å². The molecule has 0 atom stereocenters. The molecule has 2 amide bonds. The number of anilines is 1. The zero-order chi connectivity index (χ0) is 23.9. The second kappa shape index (κ2) is 11.3. The summed E-state index contributed by atoms with van der Waals surface area (Å²) in [6.07, 6.45) is 1.78. The predicted octanol–water partition coefficient (Wildman–Crippen LogP) is 5.93. The fraction of sp³-hybridized carbons (Fsp3) is 0.120. The Bertz CT molecular complexity index is 1270. The van der Waals surface area contributed by atoms with Gasteiger partial charge in [-0.25, -0.2) is 4.79 Å². The topological polar surface area (TPSA) is 84.8 Å². The lowest BCUT2D eigenvalue weighted by molar-refractivity contribution is -0.114. The van der Waals surface area contributed by atoms with E-state index in [2.05, 4.69) is 10.3 Å². The van der Waals surface area contributed by atoms with Gasteiger partial charge >= 0.3 is 5.97 Å². The second-order valence-corrected chi connectivity index (χ2v) is 10.1. The van der Waals surface area contributed by atoms with Crippen molar-refractivity contribution in [1.29, 1.82) is 0 Å². The van der Waals surface area contributed by atoms with E-state index in [1.807, 2.05) is 66.0 Å². The molecule has 2 heterocycles. The molecular formula is C25H20N2O4S3. The van der Waals surface area contributed by atoms with Crippen LogP contribution in [-0.4, -0.2) is 34.5 Å². The highest BCUT2D eigenvalue weighted by molar-refractivity contribution is 8.41. The van der Waals surface area contributed by atoms with Gasteiger partial charge in [0.25, 0.3) is 5.91 Å². The summed E-state index contributed by atoms with van der Waals surface area (Å²) < 4.78 is 5.75. The van der Waals surface area contributed by atoms with E-state index in [0.29, 0.717) is 25.4 Å². The van der Waals surface area contributed by atoms with E-state index in [9.17, 15) is 14.4 Å². The molecule has 9 heteroatoms. The Hall–Kier alpha value is -3.14. The Labute approximate surface area is 209 Å². The first-order valence-corrected chi connectivity index (χ1v) is 13.1. The highest BCUT2D eigenvalue weighted by Gasteiger charge is 2.25. The smallest absolute Gasteiger partial charge is 0.341 e. The Morgan fingerprint density at radius 3 is 2.50 bits per heavy atom. The number of thioether (sulfide) groups is 2. The van der Waals surface area contributed by atoms with Crippen LogP contribution in [0.5, 0.6) is 0 Å². The van der Waals surface area contributed by atoms with Crippen LogP contribution >= 0.6 is 34.9 Å². The third-order valence-electron chi connectivity index (χ3n) is 4.63. The zero-order valence-electron chi connectivity index (χ0n) is 18.1. The van der Waals surface area contributed by atoms with Crippen molar-refractivity contribution in [3.63, 3.8) is 0 Å². The Balaban J connectivity index is 1.42. The van der Waals surface area contributed by atoms with Crippen molar-refractivity contribution in [2.24, 2.45) is 4.99 Å². The molecule has 0 unspecified atom stereocenters. The molecule has 1 N–H and O–H groups in total. The molecule has 34 heavy (non-hydrogen) atoms. The predicted molar refractivity (Wildman–Crippen MR) is 141 cm³/mol. The van der Waals surface area contributed by atoms with Crippen molar-refractivity contribution < 1.29 is 19.1 Å². The molecule has 3 aromatic rings. The molecular weight excluding hydrogens is 488 g/mol. The summed E-state index contributed by atoms with van der Waals surface area (Å²) in [6, 6.07) is 19.0. The maximum atomic E-state index is 12.7. The van der Waals surface area contributed by atoms with E-state index < -0.39 is 5.97 Å². The van der Waals surface area contributed by atoms with Crippen LogP contribution in [0.2, 0.25) is 0 Å². The van der Waals surface area contributed by atoms with E-state index in [0.717, 1.165) is 11.1 Å². The fourth-order valence-electron chi connectivity index (χ4n) is 3.13. The number of carbonyl (C=O) groups is 3. The van der Waals surface area contributed by atoms with Gasteiger partial charge < -0.3 is 10.1 Å². The van der Waals surface area contributed by atoms with Crippen molar-refractivity contribution in [3.8, 4) is 11.1 Å². The number of hydrogen-bond acceptors (Lipinski definition) is 7. The van der Waals surface area contributed by atoms with Gasteiger partial charge in [0.15, 0.2) is 0 Å². The van der Waals surface area contributed by atoms with Crippen LogP contribution in [0.1, 0.15) is 22.8 Å². The second-order valence-electron chi connectivity index (χ2n) is 6.98. The van der Waals surface area contributed by atoms with Crippen LogP contribution < -0.4 is 5.32 Å². The van der Waals surface area contributed by atoms with Gasteiger partial charge in [-0.1, -0.05) is 84.2 Å². The van der Waals surface area contributed by atoms with Gasteiger partial charge in [-0.2, -0.15) is 4.99 Å². The minimum Gasteiger partial charge on any atom is -0.462 e. The molecule has 0 fully saturated rings. The molecule has 1 aliphatic rings. The maximum absolute atomic E-state index is 12.7. The zero-order valence-corrected chi connectivity index (χ0v) is 20.6. The molecule has 0 spiro atoms. The van der Waals surface area contributed by atoms with Gasteiger partial charge in [0.2, 0.25) is 5.91 Å². The molecule has 0 saturated carbocycles. The molecule has 2 aromatic carbocycles. The summed E-state index contributed by atoms with van der Waals surface area (Å²) in [5.41, 5.74) is 2.83. The Morgan fingerprint density at radius 2 is 1.79 bits per heavy atom. The van der Waals surface area contributed by atoms with Crippen LogP contribution in [0.15, 0.2) is 75.9 Å². The number of amides is 2. The number of esters is 1. The third kappa shape index (κ3) is 5.85. The number of hydrogen-bond donors (Lipinski definition) is 1. The summed E-state index contributed by atoms with van der Waals surface area (Å²) in [6.45, 7) is 1.97. The van der Waals surface area contributed by atoms with Crippen molar-refractivity contribution in [2.75, 3.05) is 17.7 Å². The van der Waals surface area contributed by atoms with Gasteiger partial charge in [-0.3, -0.25) is 9.59 Å². The van der Waals surface area contributed by atoms with E-state index in [1.54, 1.807) is 13.0 Å². The summed E-state index contributed by atoms with van der Waals surface area (Å²) in [5, 5.41) is 5.09. The highest BCUT2D eigenvalue weighted by Crippen LogP contribution is 2.37. The summed E-state index contributed by atoms with van der Waals surface area (Å²) >= 11 is 3.71. The first kappa shape index (κ1) is 24.0. The largest absolute Gasteiger partial charge is 0.462 e. The number of ether oxygens (including phenoxy) is 1. The molecule has 4 rings (SSSR count). The molecule has 0 aliphatic carbocycles. The number of nitrogens with one attached hydrogen (secondary N) is 1. The highest BCUT2D eigenvalue weighted by atomic mass is 32.2. The lowest BCUT2D eigenvalue weighted by Gasteiger charge is -2.08. The number of aliphatic imine (C=N–C) groups is 1. The lowest BCUT2D eigenvalue weighted by atomic mass is 10.0. The van der Waals surface area contributed by atoms with Crippen molar-refractivity contribution in [3.05, 3.63) is 82.1 Å². The maximum Gasteiger partial charge on any atom is 0.341 e. The van der Waals surface area contributed by atoms with Gasteiger partial charge in [-0.15, -0.1) is 11.3 Å². The average Bonchev–Trinajstić information content (AvgIpc) is 3.42. The van der Waals surface area contributed by atoms with Crippen molar-refractivity contribution in [2.45, 2.75) is 6.92 Å². The average molecular weight is 509 g/mol. The third-order valence-corrected chi connectivity index (χ3v) is 7.66. The SMILES string of the molecule is CCOC(=O)c1c(-c2ccccc2)csc1NC(=O)CSC1=NC(=O)/C(=C\c2ccccc2)S1. The Morgan fingerprint density at radius 1 is 1.09 bits per heavy atom. The van der Waals surface area contributed by atoms with Gasteiger partial charge in [0.05, 0.1) is 17.3 Å². The van der Waals surface area contributed by atoms with Crippen molar-refractivity contribution >= 4 is 68.1 Å². The van der Waals surface area contributed by atoms with Crippen LogP contribution in [0, 0.1) is 0 Å². The number of nitrogens with zero attached hydrogens (tertiary/aromatic N) is 1. The molecule has 1 aromatic heterocycles. The number of thiophene rings is 1. The van der Waals surface area contributed by atoms with E-state index in [1.165, 1.54) is 34.9 Å². The molecule has 0 radical (unpaired) electrons. The van der Waals surface area contributed by atoms with Crippen LogP contribution in [0.3, 0.4) is 0 Å². The van der Waals surface area contributed by atoms with E-state index >= 15 is 0 Å². The molecule has 0 bridgehead atoms. The number of rotatable bonds is 7. The summed E-state index contributed by atoms with van der Waals surface area (Å²) in [7, 11) is 0. The fourth-order valence-corrected chi connectivity index (χ4v) is 5.90. The number of carbonyl (C=O) groups excluding carboxylic acids is 3. The van der Waals surface area contributed by atoms with Crippen molar-refractivity contribution in [1.82, 2.24) is 0 Å². The molecule has 6 nitrogen and oxygen atoms in total. The number of benzene rings is 2. The van der Waals surface area contributed by atoms with Gasteiger partial charge in [-0.05, 0) is 24.1 Å². The quantitative estimate of drug-likeness (QED) is 0.314. The van der Waals surface area contributed by atoms with Crippen LogP contribution in [0.25, 0.3) is 17.2 Å². The minimum absolute atomic E-state index is 0.0541. The van der Waals surface area contributed by atoms with Gasteiger partial charge in [0, 0.05) is 10.9 Å². The van der Waals surface area contributed by atoms with Gasteiger partial charge in [0.1, 0.15) is 14.9 Å². The normalized spacial score (nSPS) is 14.2. The minimum atomic E-state index is -0.484. The first-order valence-electron chi connectivity index (χ1n) is 10.4. The van der Waals surface area contributed by atoms with Crippen LogP contribution in [-0.2, 0) is 14.3 Å². The molecule has 0 saturated heterocycles.